The van der Waals surface area contributed by atoms with Crippen molar-refractivity contribution in [3.05, 3.63) is 78.8 Å². The third-order valence-corrected chi connectivity index (χ3v) is 2.90. The van der Waals surface area contributed by atoms with Crippen LogP contribution in [-0.4, -0.2) is 5.97 Å². The summed E-state index contributed by atoms with van der Waals surface area (Å²) in [5.74, 6) is 0.200. The van der Waals surface area contributed by atoms with Gasteiger partial charge in [0, 0.05) is 5.56 Å². The number of benzene rings is 2. The van der Waals surface area contributed by atoms with Crippen molar-refractivity contribution in [2.75, 3.05) is 0 Å². The molecule has 0 spiro atoms. The fourth-order valence-corrected chi connectivity index (χ4v) is 1.96. The molecular weight excluding hydrogens is 252 g/mol. The molecule has 98 valence electrons. The molecule has 3 nitrogen and oxygen atoms in total. The lowest BCUT2D eigenvalue weighted by Crippen LogP contribution is -2.07. The Hall–Kier alpha value is -2.81. The molecule has 20 heavy (non-hydrogen) atoms. The van der Waals surface area contributed by atoms with E-state index in [1.165, 1.54) is 6.26 Å². The van der Waals surface area contributed by atoms with E-state index in [4.69, 9.17) is 9.15 Å². The number of esters is 1. The second kappa shape index (κ2) is 5.45. The molecule has 1 heterocycles. The van der Waals surface area contributed by atoms with Gasteiger partial charge in [-0.05, 0) is 23.8 Å². The summed E-state index contributed by atoms with van der Waals surface area (Å²) in [5, 5.41) is 0. The zero-order chi connectivity index (χ0) is 13.8. The van der Waals surface area contributed by atoms with Crippen LogP contribution in [0.25, 0.3) is 11.1 Å². The molecule has 0 fully saturated rings. The summed E-state index contributed by atoms with van der Waals surface area (Å²) in [6, 6.07) is 20.4. The molecule has 0 aliphatic heterocycles. The van der Waals surface area contributed by atoms with E-state index < -0.39 is 5.97 Å². The first kappa shape index (κ1) is 12.2. The van der Waals surface area contributed by atoms with E-state index in [-0.39, 0.29) is 5.76 Å². The highest BCUT2D eigenvalue weighted by Crippen LogP contribution is 2.30. The number of carbonyl (C=O) groups excluding carboxylic acids is 1. The zero-order valence-electron chi connectivity index (χ0n) is 10.7. The maximum atomic E-state index is 11.9. The molecule has 0 saturated carbocycles. The highest BCUT2D eigenvalue weighted by atomic mass is 16.5. The topological polar surface area (TPSA) is 39.4 Å². The molecule has 0 aliphatic rings. The van der Waals surface area contributed by atoms with Crippen molar-refractivity contribution in [1.29, 1.82) is 0 Å². The number of hydrogen-bond donors (Lipinski definition) is 0. The van der Waals surface area contributed by atoms with E-state index in [2.05, 4.69) is 0 Å². The predicted octanol–water partition coefficient (Wildman–Crippen LogP) is 4.17. The van der Waals surface area contributed by atoms with Gasteiger partial charge in [-0.15, -0.1) is 0 Å². The van der Waals surface area contributed by atoms with Crippen LogP contribution in [-0.2, 0) is 0 Å². The molecule has 0 radical (unpaired) electrons. The van der Waals surface area contributed by atoms with E-state index in [1.54, 1.807) is 18.2 Å². The van der Waals surface area contributed by atoms with Crippen LogP contribution in [0.5, 0.6) is 5.75 Å². The fourth-order valence-electron chi connectivity index (χ4n) is 1.96. The first-order valence-corrected chi connectivity index (χ1v) is 6.25. The Bertz CT molecular complexity index is 700. The first-order chi connectivity index (χ1) is 9.84. The van der Waals surface area contributed by atoms with Crippen LogP contribution in [0.3, 0.4) is 0 Å². The Kier molecular flexibility index (Phi) is 3.33. The van der Waals surface area contributed by atoms with Crippen LogP contribution in [0.1, 0.15) is 10.6 Å². The van der Waals surface area contributed by atoms with Crippen molar-refractivity contribution >= 4 is 5.97 Å². The smallest absolute Gasteiger partial charge is 0.379 e. The lowest BCUT2D eigenvalue weighted by atomic mass is 10.1. The van der Waals surface area contributed by atoms with Crippen LogP contribution in [0.15, 0.2) is 77.4 Å². The van der Waals surface area contributed by atoms with E-state index in [9.17, 15) is 4.79 Å². The summed E-state index contributed by atoms with van der Waals surface area (Å²) < 4.78 is 10.5. The Morgan fingerprint density at radius 3 is 2.35 bits per heavy atom. The van der Waals surface area contributed by atoms with Gasteiger partial charge in [0.05, 0.1) is 6.26 Å². The van der Waals surface area contributed by atoms with Gasteiger partial charge in [0.15, 0.2) is 0 Å². The van der Waals surface area contributed by atoms with E-state index >= 15 is 0 Å². The van der Waals surface area contributed by atoms with Gasteiger partial charge < -0.3 is 9.15 Å². The van der Waals surface area contributed by atoms with Gasteiger partial charge in [0.2, 0.25) is 5.76 Å². The maximum Gasteiger partial charge on any atom is 0.379 e. The summed E-state index contributed by atoms with van der Waals surface area (Å²) >= 11 is 0. The van der Waals surface area contributed by atoms with Gasteiger partial charge in [0.25, 0.3) is 0 Å². The molecule has 1 aromatic heterocycles. The van der Waals surface area contributed by atoms with E-state index in [0.29, 0.717) is 5.75 Å². The van der Waals surface area contributed by atoms with Gasteiger partial charge in [-0.25, -0.2) is 4.79 Å². The quantitative estimate of drug-likeness (QED) is 0.526. The summed E-state index contributed by atoms with van der Waals surface area (Å²) in [5.41, 5.74) is 1.86. The fraction of sp³-hybridized carbons (Fsp3) is 0. The third-order valence-electron chi connectivity index (χ3n) is 2.90. The summed E-state index contributed by atoms with van der Waals surface area (Å²) in [6.45, 7) is 0. The lowest BCUT2D eigenvalue weighted by Gasteiger charge is -2.09. The summed E-state index contributed by atoms with van der Waals surface area (Å²) in [4.78, 5) is 11.9. The largest absolute Gasteiger partial charge is 0.457 e. The molecule has 0 unspecified atom stereocenters. The van der Waals surface area contributed by atoms with Crippen LogP contribution in [0, 0.1) is 0 Å². The first-order valence-electron chi connectivity index (χ1n) is 6.25. The van der Waals surface area contributed by atoms with E-state index in [1.807, 2.05) is 48.5 Å². The average Bonchev–Trinajstić information content (AvgIpc) is 3.03. The number of ether oxygens (including phenoxy) is 1. The highest BCUT2D eigenvalue weighted by Gasteiger charge is 2.14. The number of hydrogen-bond acceptors (Lipinski definition) is 3. The third kappa shape index (κ3) is 2.47. The molecule has 2 aromatic carbocycles. The molecule has 0 aliphatic carbocycles. The summed E-state index contributed by atoms with van der Waals surface area (Å²) in [6.07, 6.45) is 1.44. The number of carbonyl (C=O) groups is 1. The molecule has 3 aromatic rings. The highest BCUT2D eigenvalue weighted by molar-refractivity contribution is 5.89. The normalized spacial score (nSPS) is 10.2. The van der Waals surface area contributed by atoms with Crippen molar-refractivity contribution in [1.82, 2.24) is 0 Å². The maximum absolute atomic E-state index is 11.9. The standard InChI is InChI=1S/C17H12O3/c18-17(16-11-6-12-19-16)20-15-10-5-4-9-14(15)13-7-2-1-3-8-13/h1-12H. The SMILES string of the molecule is O=C(Oc1ccccc1-c1ccccc1)c1ccco1. The van der Waals surface area contributed by atoms with Gasteiger partial charge in [-0.1, -0.05) is 48.5 Å². The van der Waals surface area contributed by atoms with Gasteiger partial charge in [-0.3, -0.25) is 0 Å². The van der Waals surface area contributed by atoms with Gasteiger partial charge >= 0.3 is 5.97 Å². The molecule has 0 saturated heterocycles. The Labute approximate surface area is 116 Å². The predicted molar refractivity (Wildman–Crippen MR) is 75.5 cm³/mol. The second-order valence-electron chi connectivity index (χ2n) is 4.23. The molecule has 0 bridgehead atoms. The number of furan rings is 1. The number of para-hydroxylation sites is 1. The molecule has 0 N–H and O–H groups in total. The van der Waals surface area contributed by atoms with Crippen molar-refractivity contribution in [2.45, 2.75) is 0 Å². The van der Waals surface area contributed by atoms with Crippen molar-refractivity contribution in [3.8, 4) is 16.9 Å². The summed E-state index contributed by atoms with van der Waals surface area (Å²) in [7, 11) is 0. The molecule has 3 rings (SSSR count). The monoisotopic (exact) mass is 264 g/mol. The minimum absolute atomic E-state index is 0.188. The minimum atomic E-state index is -0.501. The molecule has 3 heteroatoms. The molecule has 0 atom stereocenters. The Morgan fingerprint density at radius 1 is 0.850 bits per heavy atom. The zero-order valence-corrected chi connectivity index (χ0v) is 10.7. The minimum Gasteiger partial charge on any atom is -0.457 e. The van der Waals surface area contributed by atoms with Crippen LogP contribution in [0.2, 0.25) is 0 Å². The average molecular weight is 264 g/mol. The van der Waals surface area contributed by atoms with Gasteiger partial charge in [0.1, 0.15) is 5.75 Å². The Balaban J connectivity index is 1.93. The molecular formula is C17H12O3. The van der Waals surface area contributed by atoms with E-state index in [0.717, 1.165) is 11.1 Å². The Morgan fingerprint density at radius 2 is 1.60 bits per heavy atom. The second-order valence-corrected chi connectivity index (χ2v) is 4.23. The van der Waals surface area contributed by atoms with Crippen LogP contribution >= 0.6 is 0 Å². The molecule has 0 amide bonds. The van der Waals surface area contributed by atoms with Crippen molar-refractivity contribution in [3.63, 3.8) is 0 Å². The lowest BCUT2D eigenvalue weighted by molar-refractivity contribution is 0.0702. The van der Waals surface area contributed by atoms with Crippen LogP contribution < -0.4 is 4.74 Å². The van der Waals surface area contributed by atoms with Crippen LogP contribution in [0.4, 0.5) is 0 Å². The van der Waals surface area contributed by atoms with Crippen molar-refractivity contribution in [2.24, 2.45) is 0 Å². The van der Waals surface area contributed by atoms with Gasteiger partial charge in [-0.2, -0.15) is 0 Å². The van der Waals surface area contributed by atoms with Crippen molar-refractivity contribution < 1.29 is 13.9 Å². The number of rotatable bonds is 3.